The molecule has 2 N–H and O–H groups in total. The SMILES string of the molecule is CCCc1c(N)nnn1Cc1nnc2n1CCCC2. The molecule has 3 rings (SSSR count). The fourth-order valence-corrected chi connectivity index (χ4v) is 2.59. The molecule has 2 aromatic heterocycles. The number of nitrogens with two attached hydrogens (primary N) is 1. The monoisotopic (exact) mass is 261 g/mol. The Hall–Kier alpha value is -1.92. The van der Waals surface area contributed by atoms with E-state index in [4.69, 9.17) is 5.73 Å². The van der Waals surface area contributed by atoms with Gasteiger partial charge in [-0.15, -0.1) is 15.3 Å². The summed E-state index contributed by atoms with van der Waals surface area (Å²) in [6.45, 7) is 3.73. The molecule has 0 aliphatic carbocycles. The first-order valence-electron chi connectivity index (χ1n) is 6.88. The van der Waals surface area contributed by atoms with Crippen molar-refractivity contribution in [2.45, 2.75) is 52.1 Å². The molecule has 0 aromatic carbocycles. The second kappa shape index (κ2) is 4.99. The van der Waals surface area contributed by atoms with Crippen LogP contribution in [0.1, 0.15) is 43.5 Å². The Kier molecular flexibility index (Phi) is 3.18. The Bertz CT molecular complexity index is 569. The normalized spacial score (nSPS) is 14.6. The van der Waals surface area contributed by atoms with Crippen LogP contribution in [-0.4, -0.2) is 29.8 Å². The van der Waals surface area contributed by atoms with Crippen molar-refractivity contribution in [3.63, 3.8) is 0 Å². The molecule has 19 heavy (non-hydrogen) atoms. The summed E-state index contributed by atoms with van der Waals surface area (Å²) in [6, 6.07) is 0. The molecule has 3 heterocycles. The van der Waals surface area contributed by atoms with Gasteiger partial charge in [-0.2, -0.15) is 0 Å². The molecule has 0 fully saturated rings. The van der Waals surface area contributed by atoms with Crippen LogP contribution in [-0.2, 0) is 25.9 Å². The molecule has 7 heteroatoms. The Balaban J connectivity index is 1.87. The summed E-state index contributed by atoms with van der Waals surface area (Å²) in [5, 5.41) is 16.6. The van der Waals surface area contributed by atoms with E-state index >= 15 is 0 Å². The lowest BCUT2D eigenvalue weighted by atomic mass is 10.2. The molecule has 0 saturated carbocycles. The zero-order chi connectivity index (χ0) is 13.2. The zero-order valence-corrected chi connectivity index (χ0v) is 11.2. The van der Waals surface area contributed by atoms with Gasteiger partial charge in [-0.1, -0.05) is 18.6 Å². The number of anilines is 1. The molecular formula is C12H19N7. The van der Waals surface area contributed by atoms with Crippen molar-refractivity contribution in [1.82, 2.24) is 29.8 Å². The van der Waals surface area contributed by atoms with Gasteiger partial charge in [0.05, 0.1) is 5.69 Å². The van der Waals surface area contributed by atoms with Crippen molar-refractivity contribution in [2.24, 2.45) is 0 Å². The van der Waals surface area contributed by atoms with Crippen molar-refractivity contribution in [3.8, 4) is 0 Å². The fraction of sp³-hybridized carbons (Fsp3) is 0.667. The molecule has 2 aromatic rings. The number of hydrogen-bond acceptors (Lipinski definition) is 5. The summed E-state index contributed by atoms with van der Waals surface area (Å²) in [6.07, 6.45) is 5.33. The van der Waals surface area contributed by atoms with Crippen molar-refractivity contribution in [2.75, 3.05) is 5.73 Å². The van der Waals surface area contributed by atoms with Crippen molar-refractivity contribution in [3.05, 3.63) is 17.3 Å². The highest BCUT2D eigenvalue weighted by Crippen LogP contribution is 2.16. The number of rotatable bonds is 4. The molecule has 102 valence electrons. The lowest BCUT2D eigenvalue weighted by molar-refractivity contribution is 0.489. The van der Waals surface area contributed by atoms with Crippen LogP contribution in [0.2, 0.25) is 0 Å². The van der Waals surface area contributed by atoms with Crippen molar-refractivity contribution < 1.29 is 0 Å². The number of nitrogen functional groups attached to an aromatic ring is 1. The highest BCUT2D eigenvalue weighted by Gasteiger charge is 2.18. The van der Waals surface area contributed by atoms with Crippen LogP contribution in [0.4, 0.5) is 5.82 Å². The van der Waals surface area contributed by atoms with Gasteiger partial charge in [0.2, 0.25) is 0 Å². The number of nitrogens with zero attached hydrogens (tertiary/aromatic N) is 6. The van der Waals surface area contributed by atoms with Gasteiger partial charge in [0.25, 0.3) is 0 Å². The summed E-state index contributed by atoms with van der Waals surface area (Å²) in [5.41, 5.74) is 6.85. The number of aryl methyl sites for hydroxylation is 1. The molecule has 0 amide bonds. The van der Waals surface area contributed by atoms with E-state index in [2.05, 4.69) is 32.0 Å². The third-order valence-electron chi connectivity index (χ3n) is 3.58. The van der Waals surface area contributed by atoms with Crippen LogP contribution < -0.4 is 5.73 Å². The lowest BCUT2D eigenvalue weighted by Gasteiger charge is -2.15. The quantitative estimate of drug-likeness (QED) is 0.879. The van der Waals surface area contributed by atoms with E-state index in [1.54, 1.807) is 0 Å². The van der Waals surface area contributed by atoms with Crippen LogP contribution in [0.25, 0.3) is 0 Å². The molecular weight excluding hydrogens is 242 g/mol. The van der Waals surface area contributed by atoms with Crippen LogP contribution in [0.15, 0.2) is 0 Å². The van der Waals surface area contributed by atoms with Gasteiger partial charge in [-0.3, -0.25) is 0 Å². The molecule has 7 nitrogen and oxygen atoms in total. The molecule has 1 aliphatic rings. The van der Waals surface area contributed by atoms with Crippen LogP contribution in [0.3, 0.4) is 0 Å². The predicted molar refractivity (Wildman–Crippen MR) is 70.5 cm³/mol. The summed E-state index contributed by atoms with van der Waals surface area (Å²) in [7, 11) is 0. The highest BCUT2D eigenvalue weighted by molar-refractivity contribution is 5.33. The first-order chi connectivity index (χ1) is 9.29. The summed E-state index contributed by atoms with van der Waals surface area (Å²) in [5.74, 6) is 2.57. The minimum absolute atomic E-state index is 0.528. The number of fused-ring (bicyclic) bond motifs is 1. The number of hydrogen-bond donors (Lipinski definition) is 1. The maximum Gasteiger partial charge on any atom is 0.169 e. The van der Waals surface area contributed by atoms with Gasteiger partial charge >= 0.3 is 0 Å². The highest BCUT2D eigenvalue weighted by atomic mass is 15.5. The first-order valence-corrected chi connectivity index (χ1v) is 6.88. The van der Waals surface area contributed by atoms with E-state index in [9.17, 15) is 0 Å². The minimum Gasteiger partial charge on any atom is -0.381 e. The van der Waals surface area contributed by atoms with Gasteiger partial charge in [-0.25, -0.2) is 4.68 Å². The maximum atomic E-state index is 5.86. The molecule has 0 bridgehead atoms. The topological polar surface area (TPSA) is 87.4 Å². The van der Waals surface area contributed by atoms with E-state index in [-0.39, 0.29) is 0 Å². The second-order valence-corrected chi connectivity index (χ2v) is 4.97. The van der Waals surface area contributed by atoms with E-state index in [1.807, 2.05) is 4.68 Å². The summed E-state index contributed by atoms with van der Waals surface area (Å²) in [4.78, 5) is 0. The van der Waals surface area contributed by atoms with Gasteiger partial charge in [0.1, 0.15) is 12.4 Å². The minimum atomic E-state index is 0.528. The smallest absolute Gasteiger partial charge is 0.169 e. The molecule has 1 aliphatic heterocycles. The Morgan fingerprint density at radius 3 is 2.95 bits per heavy atom. The van der Waals surface area contributed by atoms with Crippen LogP contribution in [0.5, 0.6) is 0 Å². The second-order valence-electron chi connectivity index (χ2n) is 4.97. The average molecular weight is 261 g/mol. The number of aromatic nitrogens is 6. The van der Waals surface area contributed by atoms with E-state index in [1.165, 1.54) is 12.8 Å². The van der Waals surface area contributed by atoms with Crippen molar-refractivity contribution >= 4 is 5.82 Å². The third-order valence-corrected chi connectivity index (χ3v) is 3.58. The van der Waals surface area contributed by atoms with Gasteiger partial charge in [-0.05, 0) is 19.3 Å². The summed E-state index contributed by atoms with van der Waals surface area (Å²) >= 11 is 0. The summed E-state index contributed by atoms with van der Waals surface area (Å²) < 4.78 is 4.06. The van der Waals surface area contributed by atoms with Crippen LogP contribution >= 0.6 is 0 Å². The van der Waals surface area contributed by atoms with Gasteiger partial charge in [0, 0.05) is 13.0 Å². The largest absolute Gasteiger partial charge is 0.381 e. The molecule has 0 saturated heterocycles. The van der Waals surface area contributed by atoms with E-state index in [0.29, 0.717) is 12.4 Å². The van der Waals surface area contributed by atoms with Crippen LogP contribution in [0, 0.1) is 0 Å². The van der Waals surface area contributed by atoms with Gasteiger partial charge < -0.3 is 10.3 Å². The maximum absolute atomic E-state index is 5.86. The van der Waals surface area contributed by atoms with Crippen molar-refractivity contribution in [1.29, 1.82) is 0 Å². The average Bonchev–Trinajstić information content (AvgIpc) is 2.98. The van der Waals surface area contributed by atoms with E-state index in [0.717, 1.165) is 43.1 Å². The Labute approximate surface area is 111 Å². The van der Waals surface area contributed by atoms with Gasteiger partial charge in [0.15, 0.2) is 11.6 Å². The molecule has 0 spiro atoms. The molecule has 0 unspecified atom stereocenters. The van der Waals surface area contributed by atoms with E-state index < -0.39 is 0 Å². The fourth-order valence-electron chi connectivity index (χ4n) is 2.59. The third kappa shape index (κ3) is 2.20. The first kappa shape index (κ1) is 12.1. The standard InChI is InChI=1S/C12H19N7/c1-2-5-9-12(13)16-17-19(9)8-11-15-14-10-6-3-4-7-18(10)11/h2-8,13H2,1H3. The molecule has 0 atom stereocenters. The lowest BCUT2D eigenvalue weighted by Crippen LogP contribution is -2.16. The molecule has 0 radical (unpaired) electrons. The Morgan fingerprint density at radius 1 is 1.21 bits per heavy atom. The zero-order valence-electron chi connectivity index (χ0n) is 11.2. The Morgan fingerprint density at radius 2 is 2.11 bits per heavy atom. The predicted octanol–water partition coefficient (Wildman–Crippen LogP) is 0.789.